The Morgan fingerprint density at radius 1 is 0.857 bits per heavy atom. The van der Waals surface area contributed by atoms with Gasteiger partial charge in [-0.15, -0.1) is 0 Å². The number of para-hydroxylation sites is 1. The van der Waals surface area contributed by atoms with Gasteiger partial charge >= 0.3 is 0 Å². The van der Waals surface area contributed by atoms with Gasteiger partial charge in [0.25, 0.3) is 5.91 Å². The van der Waals surface area contributed by atoms with Crippen molar-refractivity contribution in [3.63, 3.8) is 0 Å². The molecular weight excluding hydrogens is 448 g/mol. The van der Waals surface area contributed by atoms with E-state index in [2.05, 4.69) is 89.9 Å². The zero-order chi connectivity index (χ0) is 23.8. The van der Waals surface area contributed by atoms with Crippen molar-refractivity contribution in [2.24, 2.45) is 5.92 Å². The first-order chi connectivity index (χ1) is 17.2. The molecule has 1 heterocycles. The van der Waals surface area contributed by atoms with Gasteiger partial charge in [0.15, 0.2) is 5.50 Å². The molecule has 0 aromatic heterocycles. The Labute approximate surface area is 211 Å². The number of carbonyl (C=O) groups excluding carboxylic acids is 1. The summed E-state index contributed by atoms with van der Waals surface area (Å²) in [6.07, 6.45) is 6.85. The van der Waals surface area contributed by atoms with Crippen LogP contribution in [0.5, 0.6) is 0 Å². The molecule has 1 saturated heterocycles. The molecule has 1 N–H and O–H groups in total. The van der Waals surface area contributed by atoms with Crippen LogP contribution < -0.4 is 5.32 Å². The molecule has 6 rings (SSSR count). The van der Waals surface area contributed by atoms with Gasteiger partial charge in [-0.25, -0.2) is 0 Å². The first kappa shape index (κ1) is 22.2. The maximum atomic E-state index is 14.0. The predicted octanol–water partition coefficient (Wildman–Crippen LogP) is 7.88. The molecular formula is C31H30N2OS. The van der Waals surface area contributed by atoms with Gasteiger partial charge in [-0.3, -0.25) is 4.79 Å². The average molecular weight is 479 g/mol. The molecule has 0 bridgehead atoms. The normalized spacial score (nSPS) is 23.9. The molecule has 35 heavy (non-hydrogen) atoms. The fraction of sp³-hybridized carbons (Fsp3) is 0.258. The fourth-order valence-corrected chi connectivity index (χ4v) is 6.90. The molecule has 0 radical (unpaired) electrons. The van der Waals surface area contributed by atoms with E-state index in [0.717, 1.165) is 22.6 Å². The van der Waals surface area contributed by atoms with E-state index < -0.39 is 0 Å². The second-order valence-corrected chi connectivity index (χ2v) is 10.9. The third kappa shape index (κ3) is 4.21. The number of carbonyl (C=O) groups is 1. The number of nitrogens with one attached hydrogen (secondary N) is 1. The summed E-state index contributed by atoms with van der Waals surface area (Å²) in [4.78, 5) is 17.0. The van der Waals surface area contributed by atoms with Crippen molar-refractivity contribution in [3.05, 3.63) is 95.4 Å². The highest BCUT2D eigenvalue weighted by atomic mass is 32.2. The van der Waals surface area contributed by atoms with E-state index in [0.29, 0.717) is 5.92 Å². The van der Waals surface area contributed by atoms with Crippen LogP contribution in [0, 0.1) is 5.92 Å². The summed E-state index contributed by atoms with van der Waals surface area (Å²) < 4.78 is 0. The summed E-state index contributed by atoms with van der Waals surface area (Å²) in [5.74, 6) is 0.658. The Bertz CT molecular complexity index is 1360. The van der Waals surface area contributed by atoms with E-state index >= 15 is 0 Å². The van der Waals surface area contributed by atoms with E-state index in [1.54, 1.807) is 11.8 Å². The van der Waals surface area contributed by atoms with Gasteiger partial charge in [0.1, 0.15) is 0 Å². The van der Waals surface area contributed by atoms with Crippen LogP contribution in [0.2, 0.25) is 0 Å². The molecule has 2 aliphatic rings. The van der Waals surface area contributed by atoms with E-state index in [1.165, 1.54) is 40.8 Å². The molecule has 3 nitrogen and oxygen atoms in total. The molecule has 1 saturated carbocycles. The lowest BCUT2D eigenvalue weighted by atomic mass is 9.85. The molecule has 4 aromatic rings. The van der Waals surface area contributed by atoms with E-state index in [1.807, 2.05) is 18.2 Å². The summed E-state index contributed by atoms with van der Waals surface area (Å²) in [6, 6.07) is 29.7. The van der Waals surface area contributed by atoms with E-state index in [9.17, 15) is 4.79 Å². The van der Waals surface area contributed by atoms with Gasteiger partial charge in [-0.1, -0.05) is 98.3 Å². The van der Waals surface area contributed by atoms with Crippen LogP contribution >= 0.6 is 11.8 Å². The zero-order valence-corrected chi connectivity index (χ0v) is 20.8. The quantitative estimate of drug-likeness (QED) is 0.239. The van der Waals surface area contributed by atoms with Crippen molar-refractivity contribution in [1.82, 2.24) is 4.90 Å². The minimum atomic E-state index is -0.108. The van der Waals surface area contributed by atoms with Crippen molar-refractivity contribution in [3.8, 4) is 0 Å². The van der Waals surface area contributed by atoms with Crippen LogP contribution in [0.3, 0.4) is 0 Å². The van der Waals surface area contributed by atoms with Crippen LogP contribution in [-0.4, -0.2) is 22.3 Å². The summed E-state index contributed by atoms with van der Waals surface area (Å²) in [6.45, 7) is 2.31. The first-order valence-corrected chi connectivity index (χ1v) is 13.5. The number of anilines is 1. The van der Waals surface area contributed by atoms with Gasteiger partial charge in [0.2, 0.25) is 0 Å². The molecule has 3 atom stereocenters. The van der Waals surface area contributed by atoms with Crippen LogP contribution in [0.25, 0.3) is 27.6 Å². The SMILES string of the molecule is C[C@H]1CCCC[C@@H]1N1C(=O)/C(=C/c2c3ccccc3cc3ccccc23)SC1Nc1ccccc1. The van der Waals surface area contributed by atoms with Crippen LogP contribution in [0.1, 0.15) is 38.2 Å². The lowest BCUT2D eigenvalue weighted by Crippen LogP contribution is -2.48. The number of amides is 1. The van der Waals surface area contributed by atoms with Gasteiger partial charge in [-0.2, -0.15) is 0 Å². The number of hydrogen-bond donors (Lipinski definition) is 1. The summed E-state index contributed by atoms with van der Waals surface area (Å²) in [5.41, 5.74) is 2.07. The van der Waals surface area contributed by atoms with E-state index in [4.69, 9.17) is 0 Å². The molecule has 176 valence electrons. The largest absolute Gasteiger partial charge is 0.356 e. The Morgan fingerprint density at radius 3 is 2.17 bits per heavy atom. The second kappa shape index (κ2) is 9.43. The minimum absolute atomic E-state index is 0.108. The fourth-order valence-electron chi connectivity index (χ4n) is 5.70. The lowest BCUT2D eigenvalue weighted by Gasteiger charge is -2.39. The first-order valence-electron chi connectivity index (χ1n) is 12.6. The third-order valence-electron chi connectivity index (χ3n) is 7.51. The van der Waals surface area contributed by atoms with Gasteiger partial charge in [0, 0.05) is 11.7 Å². The lowest BCUT2D eigenvalue weighted by molar-refractivity contribution is -0.129. The predicted molar refractivity (Wildman–Crippen MR) is 149 cm³/mol. The van der Waals surface area contributed by atoms with Crippen molar-refractivity contribution in [1.29, 1.82) is 0 Å². The zero-order valence-electron chi connectivity index (χ0n) is 20.0. The molecule has 0 spiro atoms. The highest BCUT2D eigenvalue weighted by molar-refractivity contribution is 8.05. The Balaban J connectivity index is 1.46. The number of benzene rings is 4. The standard InChI is InChI=1S/C31H30N2OS/c1-21-11-5-10-18-28(21)33-30(34)29(35-31(33)32-24-14-3-2-4-15-24)20-27-25-16-8-6-12-22(25)19-23-13-7-9-17-26(23)27/h2-4,6-9,12-17,19-21,28,31-32H,5,10-11,18H2,1H3/b29-20-/t21-,28-,31?/m0/s1. The highest BCUT2D eigenvalue weighted by Crippen LogP contribution is 2.43. The highest BCUT2D eigenvalue weighted by Gasteiger charge is 2.43. The van der Waals surface area contributed by atoms with Crippen molar-refractivity contribution in [2.45, 2.75) is 44.1 Å². The molecule has 1 unspecified atom stereocenters. The number of nitrogens with zero attached hydrogens (tertiary/aromatic N) is 1. The Morgan fingerprint density at radius 2 is 1.49 bits per heavy atom. The molecule has 1 amide bonds. The molecule has 1 aliphatic carbocycles. The Kier molecular flexibility index (Phi) is 5.99. The third-order valence-corrected chi connectivity index (χ3v) is 8.63. The van der Waals surface area contributed by atoms with Crippen molar-refractivity contribution in [2.75, 3.05) is 5.32 Å². The molecule has 2 fully saturated rings. The minimum Gasteiger partial charge on any atom is -0.356 e. The molecule has 1 aliphatic heterocycles. The Hall–Kier alpha value is -3.24. The van der Waals surface area contributed by atoms with E-state index in [-0.39, 0.29) is 17.4 Å². The monoisotopic (exact) mass is 478 g/mol. The maximum Gasteiger partial charge on any atom is 0.262 e. The van der Waals surface area contributed by atoms with Gasteiger partial charge in [-0.05, 0) is 70.1 Å². The molecule has 4 aromatic carbocycles. The summed E-state index contributed by atoms with van der Waals surface area (Å²) >= 11 is 1.66. The number of thioether (sulfide) groups is 1. The van der Waals surface area contributed by atoms with Crippen LogP contribution in [-0.2, 0) is 4.79 Å². The van der Waals surface area contributed by atoms with Crippen LogP contribution in [0.15, 0.2) is 89.8 Å². The number of rotatable bonds is 4. The van der Waals surface area contributed by atoms with Gasteiger partial charge < -0.3 is 10.2 Å². The topological polar surface area (TPSA) is 32.3 Å². The second-order valence-electron chi connectivity index (χ2n) is 9.76. The van der Waals surface area contributed by atoms with Crippen LogP contribution in [0.4, 0.5) is 5.69 Å². The molecule has 4 heteroatoms. The van der Waals surface area contributed by atoms with Crippen molar-refractivity contribution < 1.29 is 4.79 Å². The maximum absolute atomic E-state index is 14.0. The number of fused-ring (bicyclic) bond motifs is 2. The van der Waals surface area contributed by atoms with Crippen molar-refractivity contribution >= 4 is 51.0 Å². The number of hydrogen-bond acceptors (Lipinski definition) is 3. The smallest absolute Gasteiger partial charge is 0.262 e. The summed E-state index contributed by atoms with van der Waals surface area (Å²) in [5, 5.41) is 8.42. The average Bonchev–Trinajstić information content (AvgIpc) is 3.19. The summed E-state index contributed by atoms with van der Waals surface area (Å²) in [7, 11) is 0. The van der Waals surface area contributed by atoms with Gasteiger partial charge in [0.05, 0.1) is 4.91 Å².